The highest BCUT2D eigenvalue weighted by Gasteiger charge is 2.30. The Kier molecular flexibility index (Phi) is 4.25. The van der Waals surface area contributed by atoms with E-state index in [4.69, 9.17) is 0 Å². The first-order chi connectivity index (χ1) is 7.93. The van der Waals surface area contributed by atoms with Crippen molar-refractivity contribution in [1.82, 2.24) is 4.31 Å². The van der Waals surface area contributed by atoms with Crippen LogP contribution in [0.25, 0.3) is 0 Å². The molecule has 5 nitrogen and oxygen atoms in total. The first-order valence-corrected chi connectivity index (χ1v) is 6.57. The molecule has 17 heavy (non-hydrogen) atoms. The zero-order chi connectivity index (χ0) is 13.1. The highest BCUT2D eigenvalue weighted by Crippen LogP contribution is 2.20. The Bertz CT molecular complexity index is 466. The number of sulfonamides is 1. The molecule has 0 aromatic carbocycles. The van der Waals surface area contributed by atoms with Crippen LogP contribution in [0.5, 0.6) is 0 Å². The van der Waals surface area contributed by atoms with Crippen molar-refractivity contribution in [1.29, 1.82) is 0 Å². The molecule has 6 heteroatoms. The number of aliphatic hydroxyl groups is 1. The van der Waals surface area contributed by atoms with Crippen LogP contribution in [-0.4, -0.2) is 36.7 Å². The number of piperidine rings is 1. The minimum Gasteiger partial charge on any atom is -0.507 e. The highest BCUT2D eigenvalue weighted by atomic mass is 32.2. The quantitative estimate of drug-likeness (QED) is 0.605. The number of ketones is 1. The summed E-state index contributed by atoms with van der Waals surface area (Å²) in [6.07, 6.45) is 2.53. The van der Waals surface area contributed by atoms with E-state index in [1.807, 2.05) is 0 Å². The van der Waals surface area contributed by atoms with Gasteiger partial charge < -0.3 is 5.11 Å². The maximum Gasteiger partial charge on any atom is 0.246 e. The molecule has 1 saturated heterocycles. The fourth-order valence-corrected chi connectivity index (χ4v) is 3.06. The van der Waals surface area contributed by atoms with Crippen molar-refractivity contribution in [2.75, 3.05) is 13.1 Å². The van der Waals surface area contributed by atoms with Gasteiger partial charge in [-0.1, -0.05) is 13.2 Å². The number of Topliss-reactive ketones (excluding diaryl/α,β-unsaturated/α-hetero) is 1. The molecule has 0 aromatic rings. The van der Waals surface area contributed by atoms with Gasteiger partial charge in [0.1, 0.15) is 16.4 Å². The molecule has 0 atom stereocenters. The van der Waals surface area contributed by atoms with E-state index in [1.54, 1.807) is 0 Å². The normalized spacial score (nSPS) is 19.6. The van der Waals surface area contributed by atoms with Gasteiger partial charge >= 0.3 is 0 Å². The second kappa shape index (κ2) is 5.29. The van der Waals surface area contributed by atoms with Crippen molar-refractivity contribution >= 4 is 15.8 Å². The number of carbonyl (C=O) groups excluding carboxylic acids is 1. The fraction of sp³-hybridized carbons (Fsp3) is 0.364. The number of hydrogen-bond acceptors (Lipinski definition) is 4. The summed E-state index contributed by atoms with van der Waals surface area (Å²) in [7, 11) is -3.79. The van der Waals surface area contributed by atoms with Crippen LogP contribution in [0.1, 0.15) is 12.8 Å². The van der Waals surface area contributed by atoms with Gasteiger partial charge in [0.15, 0.2) is 0 Å². The van der Waals surface area contributed by atoms with E-state index < -0.39 is 15.8 Å². The first-order valence-electron chi connectivity index (χ1n) is 5.13. The lowest BCUT2D eigenvalue weighted by Crippen LogP contribution is -2.39. The number of carbonyl (C=O) groups is 1. The summed E-state index contributed by atoms with van der Waals surface area (Å²) in [5.41, 5.74) is 0. The lowest BCUT2D eigenvalue weighted by molar-refractivity contribution is -0.120. The maximum atomic E-state index is 12.1. The van der Waals surface area contributed by atoms with Crippen molar-refractivity contribution in [2.24, 2.45) is 0 Å². The molecular formula is C11H15NO4S. The smallest absolute Gasteiger partial charge is 0.246 e. The molecule has 94 valence electrons. The summed E-state index contributed by atoms with van der Waals surface area (Å²) in [6.45, 7) is 6.96. The minimum absolute atomic E-state index is 0.0496. The number of nitrogens with zero attached hydrogens (tertiary/aromatic N) is 1. The fourth-order valence-electron chi connectivity index (χ4n) is 1.56. The van der Waals surface area contributed by atoms with E-state index in [0.717, 1.165) is 12.2 Å². The molecule has 0 radical (unpaired) electrons. The summed E-state index contributed by atoms with van der Waals surface area (Å²) in [5.74, 6) is -0.384. The van der Waals surface area contributed by atoms with Gasteiger partial charge in [0.05, 0.1) is 0 Å². The van der Waals surface area contributed by atoms with Crippen LogP contribution >= 0.6 is 0 Å². The topological polar surface area (TPSA) is 74.7 Å². The zero-order valence-electron chi connectivity index (χ0n) is 9.42. The van der Waals surface area contributed by atoms with Crippen molar-refractivity contribution in [3.63, 3.8) is 0 Å². The molecule has 0 aromatic heterocycles. The molecule has 1 fully saturated rings. The van der Waals surface area contributed by atoms with Gasteiger partial charge in [-0.2, -0.15) is 4.31 Å². The third-order valence-electron chi connectivity index (χ3n) is 2.53. The third-order valence-corrected chi connectivity index (χ3v) is 4.51. The predicted octanol–water partition coefficient (Wildman–Crippen LogP) is 1.12. The molecule has 1 heterocycles. The van der Waals surface area contributed by atoms with E-state index >= 15 is 0 Å². The van der Waals surface area contributed by atoms with Crippen LogP contribution in [0.3, 0.4) is 0 Å². The van der Waals surface area contributed by atoms with Gasteiger partial charge in [-0.15, -0.1) is 0 Å². The Morgan fingerprint density at radius 2 is 1.76 bits per heavy atom. The summed E-state index contributed by atoms with van der Waals surface area (Å²) in [4.78, 5) is 10.8. The monoisotopic (exact) mass is 257 g/mol. The van der Waals surface area contributed by atoms with Crippen LogP contribution in [0, 0.1) is 0 Å². The second-order valence-corrected chi connectivity index (χ2v) is 5.51. The summed E-state index contributed by atoms with van der Waals surface area (Å²) in [5, 5.41) is 9.45. The van der Waals surface area contributed by atoms with Gasteiger partial charge in [0.2, 0.25) is 10.0 Å². The maximum absolute atomic E-state index is 12.1. The lowest BCUT2D eigenvalue weighted by Gasteiger charge is -2.25. The largest absolute Gasteiger partial charge is 0.507 e. The molecule has 1 N–H and O–H groups in total. The summed E-state index contributed by atoms with van der Waals surface area (Å²) >= 11 is 0. The van der Waals surface area contributed by atoms with Crippen molar-refractivity contribution in [3.05, 3.63) is 36.0 Å². The number of rotatable bonds is 4. The van der Waals surface area contributed by atoms with Crippen LogP contribution in [0.4, 0.5) is 0 Å². The van der Waals surface area contributed by atoms with Crippen molar-refractivity contribution in [2.45, 2.75) is 12.8 Å². The molecule has 0 unspecified atom stereocenters. The molecule has 1 aliphatic heterocycles. The molecule has 0 spiro atoms. The Hall–Kier alpha value is -1.40. The average Bonchev–Trinajstić information content (AvgIpc) is 2.29. The van der Waals surface area contributed by atoms with Gasteiger partial charge in [0, 0.05) is 25.9 Å². The molecule has 0 amide bonds. The van der Waals surface area contributed by atoms with Gasteiger partial charge in [0.25, 0.3) is 0 Å². The summed E-state index contributed by atoms with van der Waals surface area (Å²) in [6, 6.07) is 0. The van der Waals surface area contributed by atoms with Crippen molar-refractivity contribution in [3.8, 4) is 0 Å². The highest BCUT2D eigenvalue weighted by molar-refractivity contribution is 7.93. The average molecular weight is 257 g/mol. The van der Waals surface area contributed by atoms with Gasteiger partial charge in [-0.3, -0.25) is 4.79 Å². The van der Waals surface area contributed by atoms with E-state index in [1.165, 1.54) is 4.31 Å². The first kappa shape index (κ1) is 13.7. The number of allylic oxidation sites excluding steroid dienone is 2. The number of hydrogen-bond donors (Lipinski definition) is 1. The molecule has 0 aliphatic carbocycles. The Labute approximate surface area is 101 Å². The SMILES string of the molecule is C=C/C(O)=C(\C=C)S(=O)(=O)N1CCC(=O)CC1. The predicted molar refractivity (Wildman–Crippen MR) is 64.8 cm³/mol. The van der Waals surface area contributed by atoms with E-state index in [9.17, 15) is 18.3 Å². The molecule has 1 aliphatic rings. The standard InChI is InChI=1S/C11H15NO4S/c1-3-10(14)11(4-2)17(15,16)12-7-5-9(13)6-8-12/h3-4,14H,1-2,5-8H2/b11-10-. The Balaban J connectivity index is 3.06. The molecule has 0 saturated carbocycles. The number of aliphatic hydroxyl groups excluding tert-OH is 1. The molecular weight excluding hydrogens is 242 g/mol. The Morgan fingerprint density at radius 3 is 2.18 bits per heavy atom. The van der Waals surface area contributed by atoms with Gasteiger partial charge in [-0.25, -0.2) is 8.42 Å². The van der Waals surface area contributed by atoms with E-state index in [-0.39, 0.29) is 36.6 Å². The van der Waals surface area contributed by atoms with Gasteiger partial charge in [-0.05, 0) is 12.2 Å². The molecule has 0 bridgehead atoms. The van der Waals surface area contributed by atoms with Crippen LogP contribution in [-0.2, 0) is 14.8 Å². The molecule has 1 rings (SSSR count). The second-order valence-electron chi connectivity index (χ2n) is 3.60. The van der Waals surface area contributed by atoms with E-state index in [0.29, 0.717) is 0 Å². The van der Waals surface area contributed by atoms with E-state index in [2.05, 4.69) is 13.2 Å². The van der Waals surface area contributed by atoms with Crippen molar-refractivity contribution < 1.29 is 18.3 Å². The van der Waals surface area contributed by atoms with Crippen LogP contribution < -0.4 is 0 Å². The Morgan fingerprint density at radius 1 is 1.24 bits per heavy atom. The third kappa shape index (κ3) is 2.83. The zero-order valence-corrected chi connectivity index (χ0v) is 10.2. The van der Waals surface area contributed by atoms with Crippen LogP contribution in [0.2, 0.25) is 0 Å². The minimum atomic E-state index is -3.79. The lowest BCUT2D eigenvalue weighted by atomic mass is 10.1. The summed E-state index contributed by atoms with van der Waals surface area (Å²) < 4.78 is 25.4. The van der Waals surface area contributed by atoms with Crippen LogP contribution in [0.15, 0.2) is 36.0 Å².